The van der Waals surface area contributed by atoms with Gasteiger partial charge >= 0.3 is 0 Å². The van der Waals surface area contributed by atoms with Crippen molar-refractivity contribution in [3.63, 3.8) is 0 Å². The maximum atomic E-state index is 10.4. The van der Waals surface area contributed by atoms with E-state index in [4.69, 9.17) is 9.47 Å². The van der Waals surface area contributed by atoms with Crippen molar-refractivity contribution >= 4 is 5.69 Å². The number of rotatable bonds is 7. The zero-order valence-electron chi connectivity index (χ0n) is 16.6. The summed E-state index contributed by atoms with van der Waals surface area (Å²) in [4.78, 5) is 4.69. The van der Waals surface area contributed by atoms with Crippen LogP contribution in [0.5, 0.6) is 11.5 Å². The molecule has 2 aromatic carbocycles. The lowest BCUT2D eigenvalue weighted by atomic mass is 10.1. The molecule has 1 N–H and O–H groups in total. The molecule has 1 saturated heterocycles. The lowest BCUT2D eigenvalue weighted by Gasteiger charge is -2.36. The van der Waals surface area contributed by atoms with Gasteiger partial charge < -0.3 is 19.5 Å². The van der Waals surface area contributed by atoms with Crippen LogP contribution in [-0.2, 0) is 12.8 Å². The van der Waals surface area contributed by atoms with Gasteiger partial charge in [0.05, 0.1) is 7.11 Å². The number of β-amino-alcohol motifs (C(OH)–C–C–N with tert-alkyl or cyclic N) is 1. The molecule has 0 amide bonds. The first kappa shape index (κ1) is 19.1. The second-order valence-corrected chi connectivity index (χ2v) is 7.73. The lowest BCUT2D eigenvalue weighted by molar-refractivity contribution is 0.0663. The number of aliphatic hydroxyl groups excluding tert-OH is 1. The van der Waals surface area contributed by atoms with Crippen LogP contribution in [0.1, 0.15) is 17.5 Å². The van der Waals surface area contributed by atoms with Gasteiger partial charge in [-0.1, -0.05) is 6.07 Å². The van der Waals surface area contributed by atoms with Gasteiger partial charge in [0, 0.05) is 38.4 Å². The van der Waals surface area contributed by atoms with E-state index in [1.807, 2.05) is 18.2 Å². The summed E-state index contributed by atoms with van der Waals surface area (Å²) in [7, 11) is 1.69. The van der Waals surface area contributed by atoms with Crippen LogP contribution in [0.15, 0.2) is 42.5 Å². The quantitative estimate of drug-likeness (QED) is 0.798. The van der Waals surface area contributed by atoms with E-state index in [2.05, 4.69) is 34.1 Å². The Balaban J connectivity index is 1.21. The van der Waals surface area contributed by atoms with E-state index in [1.165, 1.54) is 29.7 Å². The Morgan fingerprint density at radius 1 is 0.929 bits per heavy atom. The molecule has 2 aromatic rings. The normalized spacial score (nSPS) is 18.0. The molecule has 2 aliphatic rings. The smallest absolute Gasteiger partial charge is 0.119 e. The predicted octanol–water partition coefficient (Wildman–Crippen LogP) is 2.75. The lowest BCUT2D eigenvalue weighted by Crippen LogP contribution is -2.49. The minimum absolute atomic E-state index is 0.345. The summed E-state index contributed by atoms with van der Waals surface area (Å²) in [5.41, 5.74) is 4.07. The molecule has 0 spiro atoms. The molecule has 0 radical (unpaired) electrons. The molecule has 1 atom stereocenters. The molecule has 1 fully saturated rings. The second-order valence-electron chi connectivity index (χ2n) is 7.73. The van der Waals surface area contributed by atoms with Crippen molar-refractivity contribution in [1.29, 1.82) is 0 Å². The van der Waals surface area contributed by atoms with Crippen LogP contribution in [0, 0.1) is 0 Å². The number of piperazine rings is 1. The number of hydrogen-bond donors (Lipinski definition) is 1. The summed E-state index contributed by atoms with van der Waals surface area (Å²) in [6.45, 7) is 4.82. The minimum Gasteiger partial charge on any atom is -0.497 e. The van der Waals surface area contributed by atoms with E-state index in [9.17, 15) is 5.11 Å². The fraction of sp³-hybridized carbons (Fsp3) is 0.478. The molecule has 1 aliphatic heterocycles. The van der Waals surface area contributed by atoms with Crippen LogP contribution in [-0.4, -0.2) is 62.6 Å². The first-order chi connectivity index (χ1) is 13.7. The van der Waals surface area contributed by atoms with Crippen molar-refractivity contribution in [2.75, 3.05) is 51.3 Å². The molecule has 0 saturated carbocycles. The van der Waals surface area contributed by atoms with Gasteiger partial charge in [-0.15, -0.1) is 0 Å². The summed E-state index contributed by atoms with van der Waals surface area (Å²) in [6, 6.07) is 14.6. The minimum atomic E-state index is -0.471. The fourth-order valence-electron chi connectivity index (χ4n) is 4.16. The molecular weight excluding hydrogens is 352 g/mol. The summed E-state index contributed by atoms with van der Waals surface area (Å²) >= 11 is 0. The molecular formula is C23H30N2O3. The highest BCUT2D eigenvalue weighted by Gasteiger charge is 2.20. The number of ether oxygens (including phenoxy) is 2. The Bertz CT molecular complexity index is 770. The first-order valence-electron chi connectivity index (χ1n) is 10.3. The molecule has 0 unspecified atom stereocenters. The van der Waals surface area contributed by atoms with Gasteiger partial charge in [-0.05, 0) is 66.8 Å². The van der Waals surface area contributed by atoms with Gasteiger partial charge in [-0.3, -0.25) is 4.90 Å². The van der Waals surface area contributed by atoms with Crippen molar-refractivity contribution in [3.8, 4) is 11.5 Å². The second kappa shape index (κ2) is 8.84. The maximum Gasteiger partial charge on any atom is 0.119 e. The SMILES string of the molecule is COc1ccc(N2CCN(C[C@H](O)COc3ccc4c(c3)CCC4)CC2)cc1. The summed E-state index contributed by atoms with van der Waals surface area (Å²) in [6.07, 6.45) is 3.10. The number of benzene rings is 2. The van der Waals surface area contributed by atoms with Crippen LogP contribution < -0.4 is 14.4 Å². The average molecular weight is 383 g/mol. The average Bonchev–Trinajstić information content (AvgIpc) is 3.21. The number of fused-ring (bicyclic) bond motifs is 1. The van der Waals surface area contributed by atoms with Gasteiger partial charge in [0.1, 0.15) is 24.2 Å². The highest BCUT2D eigenvalue weighted by molar-refractivity contribution is 5.49. The van der Waals surface area contributed by atoms with Gasteiger partial charge in [-0.25, -0.2) is 0 Å². The third-order valence-electron chi connectivity index (χ3n) is 5.79. The van der Waals surface area contributed by atoms with E-state index in [-0.39, 0.29) is 0 Å². The summed E-state index contributed by atoms with van der Waals surface area (Å²) in [5.74, 6) is 1.76. The molecule has 0 aromatic heterocycles. The fourth-order valence-corrected chi connectivity index (χ4v) is 4.16. The van der Waals surface area contributed by atoms with Crippen LogP contribution in [0.4, 0.5) is 5.69 Å². The van der Waals surface area contributed by atoms with E-state index in [0.717, 1.165) is 44.1 Å². The van der Waals surface area contributed by atoms with E-state index in [1.54, 1.807) is 7.11 Å². The summed E-state index contributed by atoms with van der Waals surface area (Å²) in [5, 5.41) is 10.4. The Morgan fingerprint density at radius 2 is 1.64 bits per heavy atom. The van der Waals surface area contributed by atoms with Crippen molar-refractivity contribution in [2.45, 2.75) is 25.4 Å². The number of nitrogens with zero attached hydrogens (tertiary/aromatic N) is 2. The Labute approximate surface area is 167 Å². The zero-order chi connectivity index (χ0) is 19.3. The number of hydrogen-bond acceptors (Lipinski definition) is 5. The number of anilines is 1. The molecule has 4 rings (SSSR count). The van der Waals surface area contributed by atoms with Gasteiger partial charge in [0.25, 0.3) is 0 Å². The van der Waals surface area contributed by atoms with E-state index >= 15 is 0 Å². The molecule has 0 bridgehead atoms. The third-order valence-corrected chi connectivity index (χ3v) is 5.79. The molecule has 150 valence electrons. The number of methoxy groups -OCH3 is 1. The van der Waals surface area contributed by atoms with Crippen LogP contribution >= 0.6 is 0 Å². The van der Waals surface area contributed by atoms with Crippen LogP contribution in [0.25, 0.3) is 0 Å². The highest BCUT2D eigenvalue weighted by Crippen LogP contribution is 2.26. The maximum absolute atomic E-state index is 10.4. The number of aliphatic hydroxyl groups is 1. The van der Waals surface area contributed by atoms with Crippen LogP contribution in [0.2, 0.25) is 0 Å². The third kappa shape index (κ3) is 4.59. The monoisotopic (exact) mass is 382 g/mol. The summed E-state index contributed by atoms with van der Waals surface area (Å²) < 4.78 is 11.1. The predicted molar refractivity (Wildman–Crippen MR) is 112 cm³/mol. The Morgan fingerprint density at radius 3 is 2.39 bits per heavy atom. The molecule has 28 heavy (non-hydrogen) atoms. The van der Waals surface area contributed by atoms with Gasteiger partial charge in [0.15, 0.2) is 0 Å². The Kier molecular flexibility index (Phi) is 6.03. The molecule has 5 heteroatoms. The van der Waals surface area contributed by atoms with Crippen molar-refractivity contribution in [2.24, 2.45) is 0 Å². The number of aryl methyl sites for hydroxylation is 2. The Hall–Kier alpha value is -2.24. The molecule has 1 aliphatic carbocycles. The van der Waals surface area contributed by atoms with Gasteiger partial charge in [-0.2, -0.15) is 0 Å². The van der Waals surface area contributed by atoms with E-state index in [0.29, 0.717) is 13.2 Å². The first-order valence-corrected chi connectivity index (χ1v) is 10.3. The van der Waals surface area contributed by atoms with Crippen molar-refractivity contribution in [3.05, 3.63) is 53.6 Å². The van der Waals surface area contributed by atoms with E-state index < -0.39 is 6.10 Å². The highest BCUT2D eigenvalue weighted by atomic mass is 16.5. The largest absolute Gasteiger partial charge is 0.497 e. The van der Waals surface area contributed by atoms with Crippen LogP contribution in [0.3, 0.4) is 0 Å². The standard InChI is InChI=1S/C23H30N2O3/c1-27-22-9-6-20(7-10-22)25-13-11-24(12-14-25)16-21(26)17-28-23-8-5-18-3-2-4-19(18)15-23/h5-10,15,21,26H,2-4,11-14,16-17H2,1H3/t21-/m0/s1. The van der Waals surface area contributed by atoms with Gasteiger partial charge in [0.2, 0.25) is 0 Å². The topological polar surface area (TPSA) is 45.2 Å². The van der Waals surface area contributed by atoms with Crippen molar-refractivity contribution in [1.82, 2.24) is 4.90 Å². The van der Waals surface area contributed by atoms with Crippen molar-refractivity contribution < 1.29 is 14.6 Å². The zero-order valence-corrected chi connectivity index (χ0v) is 16.6. The molecule has 5 nitrogen and oxygen atoms in total. The molecule has 1 heterocycles.